The molecular weight excluding hydrogens is 286 g/mol. The molecule has 0 bridgehead atoms. The van der Waals surface area contributed by atoms with Crippen molar-refractivity contribution >= 4 is 17.2 Å². The second kappa shape index (κ2) is 5.26. The second-order valence-electron chi connectivity index (χ2n) is 5.87. The van der Waals surface area contributed by atoms with Crippen molar-refractivity contribution in [1.29, 1.82) is 0 Å². The number of rotatable bonds is 3. The number of nitrogens with zero attached hydrogens (tertiary/aromatic N) is 3. The van der Waals surface area contributed by atoms with E-state index < -0.39 is 0 Å². The monoisotopic (exact) mass is 303 g/mol. The number of hydrogen-bond donors (Lipinski definition) is 0. The van der Waals surface area contributed by atoms with Crippen LogP contribution in [0.3, 0.4) is 0 Å². The van der Waals surface area contributed by atoms with Gasteiger partial charge in [0.25, 0.3) is 0 Å². The molecule has 1 amide bonds. The third-order valence-corrected chi connectivity index (χ3v) is 4.91. The van der Waals surface area contributed by atoms with E-state index in [1.54, 1.807) is 11.3 Å². The molecule has 0 aromatic carbocycles. The minimum Gasteiger partial charge on any atom is -0.342 e. The summed E-state index contributed by atoms with van der Waals surface area (Å²) in [6.07, 6.45) is 4.14. The molecule has 1 saturated carbocycles. The van der Waals surface area contributed by atoms with E-state index in [2.05, 4.69) is 10.1 Å². The first kappa shape index (κ1) is 13.0. The quantitative estimate of drug-likeness (QED) is 0.874. The Morgan fingerprint density at radius 3 is 3.05 bits per heavy atom. The van der Waals surface area contributed by atoms with Gasteiger partial charge in [0.15, 0.2) is 0 Å². The van der Waals surface area contributed by atoms with E-state index >= 15 is 0 Å². The van der Waals surface area contributed by atoms with Gasteiger partial charge in [-0.1, -0.05) is 5.16 Å². The Labute approximate surface area is 127 Å². The summed E-state index contributed by atoms with van der Waals surface area (Å²) in [5, 5.41) is 8.08. The Morgan fingerprint density at radius 2 is 2.29 bits per heavy atom. The molecule has 3 heterocycles. The van der Waals surface area contributed by atoms with Crippen LogP contribution in [0, 0.1) is 5.92 Å². The minimum atomic E-state index is 0.182. The molecule has 110 valence electrons. The molecular formula is C15H17N3O2S. The fourth-order valence-electron chi connectivity index (χ4n) is 2.88. The molecule has 1 aliphatic heterocycles. The summed E-state index contributed by atoms with van der Waals surface area (Å²) >= 11 is 1.62. The van der Waals surface area contributed by atoms with Gasteiger partial charge in [0.2, 0.25) is 17.6 Å². The second-order valence-corrected chi connectivity index (χ2v) is 6.65. The maximum Gasteiger partial charge on any atom is 0.231 e. The van der Waals surface area contributed by atoms with Crippen molar-refractivity contribution in [2.75, 3.05) is 13.1 Å². The summed E-state index contributed by atoms with van der Waals surface area (Å²) in [4.78, 5) is 18.7. The van der Waals surface area contributed by atoms with Crippen LogP contribution in [-0.2, 0) is 4.79 Å². The van der Waals surface area contributed by atoms with Gasteiger partial charge in [-0.25, -0.2) is 0 Å². The Balaban J connectivity index is 1.49. The van der Waals surface area contributed by atoms with Crippen LogP contribution in [0.25, 0.3) is 11.4 Å². The zero-order valence-corrected chi connectivity index (χ0v) is 12.5. The molecule has 5 nitrogen and oxygen atoms in total. The standard InChI is InChI=1S/C15H17N3O2S/c19-15(10-3-4-10)18-6-1-2-11(8-18)14-16-13(17-20-14)12-5-7-21-9-12/h5,7,9-11H,1-4,6,8H2/t11-/m1/s1. The number of thiophene rings is 1. The van der Waals surface area contributed by atoms with Crippen LogP contribution in [0.5, 0.6) is 0 Å². The molecule has 0 unspecified atom stereocenters. The van der Waals surface area contributed by atoms with Crippen molar-refractivity contribution in [3.8, 4) is 11.4 Å². The van der Waals surface area contributed by atoms with Gasteiger partial charge >= 0.3 is 0 Å². The summed E-state index contributed by atoms with van der Waals surface area (Å²) in [6, 6.07) is 1.99. The summed E-state index contributed by atoms with van der Waals surface area (Å²) in [7, 11) is 0. The van der Waals surface area contributed by atoms with Gasteiger partial charge in [0.05, 0.1) is 5.92 Å². The van der Waals surface area contributed by atoms with Crippen LogP contribution in [0.15, 0.2) is 21.3 Å². The van der Waals surface area contributed by atoms with Gasteiger partial charge in [0.1, 0.15) is 0 Å². The molecule has 21 heavy (non-hydrogen) atoms. The molecule has 6 heteroatoms. The highest BCUT2D eigenvalue weighted by atomic mass is 32.1. The molecule has 0 N–H and O–H groups in total. The van der Waals surface area contributed by atoms with E-state index in [0.29, 0.717) is 17.6 Å². The Bertz CT molecular complexity index is 633. The predicted octanol–water partition coefficient (Wildman–Crippen LogP) is 2.91. The highest BCUT2D eigenvalue weighted by molar-refractivity contribution is 7.08. The summed E-state index contributed by atoms with van der Waals surface area (Å²) in [5.74, 6) is 2.10. The predicted molar refractivity (Wildman–Crippen MR) is 78.9 cm³/mol. The average molecular weight is 303 g/mol. The number of piperidine rings is 1. The van der Waals surface area contributed by atoms with Gasteiger partial charge in [-0.3, -0.25) is 4.79 Å². The van der Waals surface area contributed by atoms with Crippen molar-refractivity contribution < 1.29 is 9.32 Å². The van der Waals surface area contributed by atoms with Gasteiger partial charge < -0.3 is 9.42 Å². The van der Waals surface area contributed by atoms with E-state index in [0.717, 1.165) is 44.3 Å². The van der Waals surface area contributed by atoms with Crippen molar-refractivity contribution in [1.82, 2.24) is 15.0 Å². The first-order valence-electron chi connectivity index (χ1n) is 7.46. The van der Waals surface area contributed by atoms with E-state index in [4.69, 9.17) is 4.52 Å². The summed E-state index contributed by atoms with van der Waals surface area (Å²) in [5.41, 5.74) is 0.997. The Morgan fingerprint density at radius 1 is 1.38 bits per heavy atom. The molecule has 4 rings (SSSR count). The van der Waals surface area contributed by atoms with E-state index in [1.165, 1.54) is 0 Å². The van der Waals surface area contributed by atoms with E-state index in [-0.39, 0.29) is 11.8 Å². The molecule has 2 fully saturated rings. The lowest BCUT2D eigenvalue weighted by atomic mass is 9.97. The lowest BCUT2D eigenvalue weighted by Crippen LogP contribution is -2.40. The van der Waals surface area contributed by atoms with Crippen molar-refractivity contribution in [3.05, 3.63) is 22.7 Å². The fourth-order valence-corrected chi connectivity index (χ4v) is 3.51. The van der Waals surface area contributed by atoms with Crippen LogP contribution in [-0.4, -0.2) is 34.0 Å². The highest BCUT2D eigenvalue weighted by Gasteiger charge is 2.36. The van der Waals surface area contributed by atoms with Crippen molar-refractivity contribution in [3.63, 3.8) is 0 Å². The summed E-state index contributed by atoms with van der Waals surface area (Å²) < 4.78 is 5.44. The number of carbonyl (C=O) groups is 1. The number of amides is 1. The summed E-state index contributed by atoms with van der Waals surface area (Å²) in [6.45, 7) is 1.60. The molecule has 2 aromatic rings. The molecule has 1 atom stereocenters. The van der Waals surface area contributed by atoms with E-state index in [9.17, 15) is 4.79 Å². The fraction of sp³-hybridized carbons (Fsp3) is 0.533. The molecule has 2 aromatic heterocycles. The topological polar surface area (TPSA) is 59.2 Å². The molecule has 1 saturated heterocycles. The molecule has 1 aliphatic carbocycles. The zero-order valence-electron chi connectivity index (χ0n) is 11.7. The van der Waals surface area contributed by atoms with Gasteiger partial charge in [-0.2, -0.15) is 16.3 Å². The maximum absolute atomic E-state index is 12.2. The van der Waals surface area contributed by atoms with Crippen molar-refractivity contribution in [2.24, 2.45) is 5.92 Å². The van der Waals surface area contributed by atoms with E-state index in [1.807, 2.05) is 21.7 Å². The van der Waals surface area contributed by atoms with Gasteiger partial charge in [-0.15, -0.1) is 0 Å². The number of aromatic nitrogens is 2. The van der Waals surface area contributed by atoms with Crippen LogP contribution in [0.2, 0.25) is 0 Å². The lowest BCUT2D eigenvalue weighted by molar-refractivity contribution is -0.133. The van der Waals surface area contributed by atoms with Crippen LogP contribution in [0.1, 0.15) is 37.5 Å². The largest absolute Gasteiger partial charge is 0.342 e. The SMILES string of the molecule is O=C(C1CC1)N1CCC[C@@H](c2nc(-c3ccsc3)no2)C1. The first-order chi connectivity index (χ1) is 10.3. The third-order valence-electron chi connectivity index (χ3n) is 4.23. The average Bonchev–Trinajstić information content (AvgIpc) is 3.03. The lowest BCUT2D eigenvalue weighted by Gasteiger charge is -2.31. The Hall–Kier alpha value is -1.69. The van der Waals surface area contributed by atoms with Crippen LogP contribution in [0.4, 0.5) is 0 Å². The zero-order chi connectivity index (χ0) is 14.2. The molecule has 2 aliphatic rings. The maximum atomic E-state index is 12.2. The number of hydrogen-bond acceptors (Lipinski definition) is 5. The molecule has 0 spiro atoms. The molecule has 0 radical (unpaired) electrons. The number of carbonyl (C=O) groups excluding carboxylic acids is 1. The highest BCUT2D eigenvalue weighted by Crippen LogP contribution is 2.34. The van der Waals surface area contributed by atoms with Crippen molar-refractivity contribution in [2.45, 2.75) is 31.6 Å². The van der Waals surface area contributed by atoms with Gasteiger partial charge in [0, 0.05) is 30.0 Å². The van der Waals surface area contributed by atoms with Gasteiger partial charge in [-0.05, 0) is 37.1 Å². The Kier molecular flexibility index (Phi) is 3.25. The first-order valence-corrected chi connectivity index (χ1v) is 8.40. The number of likely N-dealkylation sites (tertiary alicyclic amines) is 1. The third kappa shape index (κ3) is 2.60. The van der Waals surface area contributed by atoms with Crippen LogP contribution >= 0.6 is 11.3 Å². The van der Waals surface area contributed by atoms with Crippen LogP contribution < -0.4 is 0 Å². The normalized spacial score (nSPS) is 22.5. The smallest absolute Gasteiger partial charge is 0.231 e. The minimum absolute atomic E-state index is 0.182.